The molecule has 0 heterocycles. The Morgan fingerprint density at radius 3 is 2.25 bits per heavy atom. The first kappa shape index (κ1) is 14.7. The van der Waals surface area contributed by atoms with Crippen molar-refractivity contribution < 1.29 is 14.6 Å². The van der Waals surface area contributed by atoms with E-state index in [0.717, 1.165) is 10.7 Å². The molecule has 3 nitrogen and oxygen atoms in total. The molecule has 0 aromatic heterocycles. The van der Waals surface area contributed by atoms with Gasteiger partial charge < -0.3 is 9.84 Å². The molecule has 1 aromatic rings. The minimum absolute atomic E-state index is 0.452. The van der Waals surface area contributed by atoms with E-state index in [1.807, 2.05) is 12.1 Å². The van der Waals surface area contributed by atoms with E-state index in [0.29, 0.717) is 12.2 Å². The lowest BCUT2D eigenvalue weighted by Crippen LogP contribution is -2.26. The first-order valence-electron chi connectivity index (χ1n) is 4.49. The molecule has 0 aliphatic rings. The number of halogens is 3. The number of rotatable bonds is 4. The number of carboxylic acids is 1. The molecule has 1 rings (SSSR count). The Kier molecular flexibility index (Phi) is 6.05. The van der Waals surface area contributed by atoms with Crippen molar-refractivity contribution in [2.45, 2.75) is 19.4 Å². The van der Waals surface area contributed by atoms with E-state index in [1.54, 1.807) is 6.92 Å². The quantitative estimate of drug-likeness (QED) is 0.574. The monoisotopic (exact) mass is 558 g/mol. The summed E-state index contributed by atoms with van der Waals surface area (Å²) in [4.78, 5) is 10.9. The molecule has 0 unspecified atom stereocenters. The highest BCUT2D eigenvalue weighted by Gasteiger charge is 2.19. The van der Waals surface area contributed by atoms with Gasteiger partial charge >= 0.3 is 5.97 Å². The van der Waals surface area contributed by atoms with Gasteiger partial charge in [-0.25, -0.2) is 4.79 Å². The van der Waals surface area contributed by atoms with E-state index in [2.05, 4.69) is 67.8 Å². The molecule has 0 bridgehead atoms. The normalized spacial score (nSPS) is 12.2. The lowest BCUT2D eigenvalue weighted by molar-refractivity contribution is -0.145. The third-order valence-corrected chi connectivity index (χ3v) is 4.09. The molecular weight excluding hydrogens is 549 g/mol. The summed E-state index contributed by atoms with van der Waals surface area (Å²) in [6.45, 7) is 1.80. The number of hydrogen-bond acceptors (Lipinski definition) is 2. The van der Waals surface area contributed by atoms with Gasteiger partial charge in [0.25, 0.3) is 0 Å². The minimum Gasteiger partial charge on any atom is -0.479 e. The molecule has 1 aromatic carbocycles. The Hall–Kier alpha value is 0.680. The van der Waals surface area contributed by atoms with Gasteiger partial charge in [0.15, 0.2) is 6.10 Å². The first-order valence-corrected chi connectivity index (χ1v) is 7.73. The highest BCUT2D eigenvalue weighted by molar-refractivity contribution is 14.1. The van der Waals surface area contributed by atoms with Crippen molar-refractivity contribution in [2.24, 2.45) is 0 Å². The van der Waals surface area contributed by atoms with Crippen LogP contribution in [0.4, 0.5) is 0 Å². The molecule has 0 saturated carbocycles. The van der Waals surface area contributed by atoms with Gasteiger partial charge in [0, 0.05) is 3.57 Å². The highest BCUT2D eigenvalue weighted by atomic mass is 127. The van der Waals surface area contributed by atoms with Crippen LogP contribution in [0.1, 0.15) is 13.3 Å². The molecule has 0 aliphatic carbocycles. The Morgan fingerprint density at radius 1 is 1.38 bits per heavy atom. The van der Waals surface area contributed by atoms with E-state index >= 15 is 0 Å². The number of aliphatic carboxylic acids is 1. The van der Waals surface area contributed by atoms with Crippen LogP contribution >= 0.6 is 67.8 Å². The van der Waals surface area contributed by atoms with Crippen LogP contribution in [0.5, 0.6) is 5.75 Å². The maximum atomic E-state index is 10.9. The third-order valence-electron chi connectivity index (χ3n) is 1.87. The molecule has 1 atom stereocenters. The number of carbonyl (C=O) groups is 1. The smallest absolute Gasteiger partial charge is 0.344 e. The van der Waals surface area contributed by atoms with E-state index in [9.17, 15) is 4.79 Å². The van der Waals surface area contributed by atoms with Crippen molar-refractivity contribution in [2.75, 3.05) is 0 Å². The molecule has 88 valence electrons. The third kappa shape index (κ3) is 3.86. The molecule has 0 spiro atoms. The second-order valence-corrected chi connectivity index (χ2v) is 6.62. The molecule has 6 heteroatoms. The Morgan fingerprint density at radius 2 is 1.88 bits per heavy atom. The Balaban J connectivity index is 3.01. The predicted molar refractivity (Wildman–Crippen MR) is 86.9 cm³/mol. The van der Waals surface area contributed by atoms with Gasteiger partial charge in [-0.05, 0) is 86.3 Å². The molecule has 0 radical (unpaired) electrons. The molecule has 0 fully saturated rings. The van der Waals surface area contributed by atoms with Crippen molar-refractivity contribution in [3.63, 3.8) is 0 Å². The van der Waals surface area contributed by atoms with Gasteiger partial charge in [0.1, 0.15) is 5.75 Å². The SMILES string of the molecule is CC[C@@H](Oc1c(I)cc(I)cc1I)C(=O)O. The zero-order chi connectivity index (χ0) is 12.3. The number of benzene rings is 1. The number of hydrogen-bond donors (Lipinski definition) is 1. The molecule has 0 saturated heterocycles. The van der Waals surface area contributed by atoms with E-state index in [1.165, 1.54) is 0 Å². The van der Waals surface area contributed by atoms with Crippen LogP contribution in [0.2, 0.25) is 0 Å². The van der Waals surface area contributed by atoms with Gasteiger partial charge in [-0.1, -0.05) is 6.92 Å². The van der Waals surface area contributed by atoms with E-state index < -0.39 is 12.1 Å². The van der Waals surface area contributed by atoms with Crippen molar-refractivity contribution in [3.05, 3.63) is 22.8 Å². The Labute approximate surface area is 135 Å². The van der Waals surface area contributed by atoms with Crippen LogP contribution < -0.4 is 4.74 Å². The second kappa shape index (κ2) is 6.57. The van der Waals surface area contributed by atoms with Crippen LogP contribution in [0.15, 0.2) is 12.1 Å². The zero-order valence-electron chi connectivity index (χ0n) is 8.34. The van der Waals surface area contributed by atoms with Gasteiger partial charge in [0.2, 0.25) is 0 Å². The summed E-state index contributed by atoms with van der Waals surface area (Å²) in [5.41, 5.74) is 0. The molecule has 0 amide bonds. The van der Waals surface area contributed by atoms with Gasteiger partial charge in [-0.3, -0.25) is 0 Å². The first-order chi connectivity index (χ1) is 7.45. The molecule has 1 N–H and O–H groups in total. The summed E-state index contributed by atoms with van der Waals surface area (Å²) in [5, 5.41) is 8.94. The largest absolute Gasteiger partial charge is 0.479 e. The fraction of sp³-hybridized carbons (Fsp3) is 0.300. The van der Waals surface area contributed by atoms with Crippen molar-refractivity contribution in [1.82, 2.24) is 0 Å². The summed E-state index contributed by atoms with van der Waals surface area (Å²) < 4.78 is 8.51. The van der Waals surface area contributed by atoms with Gasteiger partial charge in [-0.2, -0.15) is 0 Å². The average molecular weight is 558 g/mol. The fourth-order valence-corrected chi connectivity index (χ4v) is 4.93. The molecule has 16 heavy (non-hydrogen) atoms. The average Bonchev–Trinajstić information content (AvgIpc) is 2.15. The van der Waals surface area contributed by atoms with Gasteiger partial charge in [0.05, 0.1) is 7.14 Å². The zero-order valence-corrected chi connectivity index (χ0v) is 14.8. The summed E-state index contributed by atoms with van der Waals surface area (Å²) in [6.07, 6.45) is -0.324. The predicted octanol–water partition coefficient (Wildman–Crippen LogP) is 3.74. The van der Waals surface area contributed by atoms with E-state index in [4.69, 9.17) is 9.84 Å². The van der Waals surface area contributed by atoms with Crippen molar-refractivity contribution >= 4 is 73.7 Å². The van der Waals surface area contributed by atoms with Crippen LogP contribution in [0, 0.1) is 10.7 Å². The summed E-state index contributed by atoms with van der Waals surface area (Å²) in [7, 11) is 0. The summed E-state index contributed by atoms with van der Waals surface area (Å²) >= 11 is 6.54. The fourth-order valence-electron chi connectivity index (χ4n) is 1.09. The minimum atomic E-state index is -0.923. The Bertz CT molecular complexity index is 383. The maximum Gasteiger partial charge on any atom is 0.344 e. The summed E-state index contributed by atoms with van der Waals surface area (Å²) in [5.74, 6) is -0.261. The number of ether oxygens (including phenoxy) is 1. The highest BCUT2D eigenvalue weighted by Crippen LogP contribution is 2.30. The maximum absolute atomic E-state index is 10.9. The number of carboxylic acid groups (broad SMARTS) is 1. The van der Waals surface area contributed by atoms with Crippen molar-refractivity contribution in [3.8, 4) is 5.75 Å². The second-order valence-electron chi connectivity index (χ2n) is 3.05. The van der Waals surface area contributed by atoms with Gasteiger partial charge in [-0.15, -0.1) is 0 Å². The molecule has 0 aliphatic heterocycles. The van der Waals surface area contributed by atoms with Crippen LogP contribution in [0.3, 0.4) is 0 Å². The molecular formula is C10H9I3O3. The topological polar surface area (TPSA) is 46.5 Å². The van der Waals surface area contributed by atoms with E-state index in [-0.39, 0.29) is 0 Å². The summed E-state index contributed by atoms with van der Waals surface area (Å²) in [6, 6.07) is 3.93. The van der Waals surface area contributed by atoms with Crippen LogP contribution in [-0.2, 0) is 4.79 Å². The van der Waals surface area contributed by atoms with Crippen LogP contribution in [-0.4, -0.2) is 17.2 Å². The van der Waals surface area contributed by atoms with Crippen molar-refractivity contribution in [1.29, 1.82) is 0 Å². The standard InChI is InChI=1S/C10H9I3O3/c1-2-8(10(14)15)16-9-6(12)3-5(11)4-7(9)13/h3-4,8H,2H2,1H3,(H,14,15)/t8-/m1/s1. The lowest BCUT2D eigenvalue weighted by atomic mass is 10.3. The lowest BCUT2D eigenvalue weighted by Gasteiger charge is -2.16. The van der Waals surface area contributed by atoms with Crippen LogP contribution in [0.25, 0.3) is 0 Å².